The first kappa shape index (κ1) is 19.7. The van der Waals surface area contributed by atoms with Crippen LogP contribution in [0.25, 0.3) is 12.2 Å². The summed E-state index contributed by atoms with van der Waals surface area (Å²) in [4.78, 5) is 10.9. The number of halogens is 2. The topological polar surface area (TPSA) is 41.2 Å². The fourth-order valence-electron chi connectivity index (χ4n) is 2.53. The molecule has 0 radical (unpaired) electrons. The lowest BCUT2D eigenvalue weighted by Gasteiger charge is -2.02. The average Bonchev–Trinajstić information content (AvgIpc) is 2.61. The second-order valence-corrected chi connectivity index (χ2v) is 6.08. The second-order valence-electron chi connectivity index (χ2n) is 5.64. The molecule has 1 N–H and O–H groups in total. The number of carboxylic acid groups (broad SMARTS) is 1. The molecule has 132 valence electrons. The van der Waals surface area contributed by atoms with Gasteiger partial charge in [0, 0.05) is 28.8 Å². The van der Waals surface area contributed by atoms with Crippen LogP contribution in [0.3, 0.4) is 0 Å². The predicted molar refractivity (Wildman–Crippen MR) is 99.5 cm³/mol. The molecule has 0 unspecified atom stereocenters. The molecular formula is C21H17Cl2NO2. The molecule has 26 heavy (non-hydrogen) atoms. The Morgan fingerprint density at radius 2 is 1.77 bits per heavy atom. The van der Waals surface area contributed by atoms with E-state index in [1.54, 1.807) is 12.1 Å². The number of hydrogen-bond donors (Lipinski definition) is 1. The van der Waals surface area contributed by atoms with Gasteiger partial charge in [-0.15, -0.1) is 0 Å². The molecule has 3 aromatic rings. The number of pyridine rings is 1. The number of benzene rings is 2. The maximum Gasteiger partial charge on any atom is 0.335 e. The molecule has 0 aliphatic carbocycles. The Morgan fingerprint density at radius 3 is 2.46 bits per heavy atom. The molecule has 0 spiro atoms. The second kappa shape index (κ2) is 9.18. The molecule has 0 bridgehead atoms. The van der Waals surface area contributed by atoms with Gasteiger partial charge < -0.3 is 17.5 Å². The molecule has 1 aromatic heterocycles. The van der Waals surface area contributed by atoms with Crippen LogP contribution in [0.2, 0.25) is 5.02 Å². The van der Waals surface area contributed by atoms with Gasteiger partial charge in [0.15, 0.2) is 12.7 Å². The standard InChI is InChI=1S/C21H16ClNO2.ClH/c22-19-5-3-4-16(14-19)9-12-20-6-1-2-13-23(20)15-17-7-10-18(11-8-17)21(24)25;/h1-14H,15H2;1H/b12-9+;. The van der Waals surface area contributed by atoms with Crippen molar-refractivity contribution in [2.45, 2.75) is 6.54 Å². The summed E-state index contributed by atoms with van der Waals surface area (Å²) in [6.45, 7) is 0.663. The molecule has 0 aliphatic heterocycles. The van der Waals surface area contributed by atoms with E-state index in [-0.39, 0.29) is 12.4 Å². The van der Waals surface area contributed by atoms with Crippen LogP contribution in [-0.2, 0) is 6.54 Å². The Bertz CT molecular complexity index is 921. The molecule has 5 heteroatoms. The van der Waals surface area contributed by atoms with E-state index in [1.165, 1.54) is 0 Å². The van der Waals surface area contributed by atoms with Gasteiger partial charge in [-0.3, -0.25) is 0 Å². The van der Waals surface area contributed by atoms with Crippen molar-refractivity contribution >= 4 is 29.7 Å². The van der Waals surface area contributed by atoms with Crippen LogP contribution in [0.1, 0.15) is 27.2 Å². The summed E-state index contributed by atoms with van der Waals surface area (Å²) < 4.78 is 2.11. The Labute approximate surface area is 163 Å². The molecule has 3 nitrogen and oxygen atoms in total. The Kier molecular flexibility index (Phi) is 6.96. The molecule has 2 aromatic carbocycles. The summed E-state index contributed by atoms with van der Waals surface area (Å²) in [5.41, 5.74) is 3.42. The van der Waals surface area contributed by atoms with E-state index in [1.807, 2.05) is 72.9 Å². The van der Waals surface area contributed by atoms with Gasteiger partial charge in [-0.1, -0.05) is 35.9 Å². The van der Waals surface area contributed by atoms with Crippen LogP contribution in [0.15, 0.2) is 72.9 Å². The lowest BCUT2D eigenvalue weighted by molar-refractivity contribution is -0.690. The van der Waals surface area contributed by atoms with Gasteiger partial charge >= 0.3 is 5.97 Å². The zero-order valence-electron chi connectivity index (χ0n) is 13.8. The van der Waals surface area contributed by atoms with Crippen molar-refractivity contribution in [3.05, 3.63) is 100 Å². The normalized spacial score (nSPS) is 10.5. The maximum absolute atomic E-state index is 10.9. The van der Waals surface area contributed by atoms with Gasteiger partial charge in [0.05, 0.1) is 5.56 Å². The van der Waals surface area contributed by atoms with E-state index in [2.05, 4.69) is 4.57 Å². The fraction of sp³-hybridized carbons (Fsp3) is 0.0476. The smallest absolute Gasteiger partial charge is 0.335 e. The van der Waals surface area contributed by atoms with Crippen molar-refractivity contribution in [1.82, 2.24) is 0 Å². The van der Waals surface area contributed by atoms with Crippen LogP contribution in [0.5, 0.6) is 0 Å². The lowest BCUT2D eigenvalue weighted by Crippen LogP contribution is -3.00. The van der Waals surface area contributed by atoms with Crippen molar-refractivity contribution in [2.75, 3.05) is 0 Å². The summed E-state index contributed by atoms with van der Waals surface area (Å²) in [5.74, 6) is -0.913. The number of aromatic nitrogens is 1. The van der Waals surface area contributed by atoms with Crippen LogP contribution in [-0.4, -0.2) is 11.1 Å². The Balaban J connectivity index is 0.00000243. The van der Waals surface area contributed by atoms with E-state index in [0.717, 1.165) is 16.8 Å². The minimum atomic E-state index is -0.913. The van der Waals surface area contributed by atoms with Crippen molar-refractivity contribution in [3.63, 3.8) is 0 Å². The summed E-state index contributed by atoms with van der Waals surface area (Å²) >= 11 is 6.02. The average molecular weight is 386 g/mol. The highest BCUT2D eigenvalue weighted by Crippen LogP contribution is 2.13. The van der Waals surface area contributed by atoms with Gasteiger partial charge in [0.25, 0.3) is 0 Å². The molecule has 1 heterocycles. The fourth-order valence-corrected chi connectivity index (χ4v) is 2.72. The summed E-state index contributed by atoms with van der Waals surface area (Å²) in [6, 6.07) is 20.6. The minimum Gasteiger partial charge on any atom is -1.00 e. The lowest BCUT2D eigenvalue weighted by atomic mass is 10.1. The van der Waals surface area contributed by atoms with Crippen LogP contribution < -0.4 is 17.0 Å². The van der Waals surface area contributed by atoms with Crippen LogP contribution >= 0.6 is 11.6 Å². The molecule has 0 amide bonds. The largest absolute Gasteiger partial charge is 1.00 e. The van der Waals surface area contributed by atoms with E-state index in [4.69, 9.17) is 16.7 Å². The van der Waals surface area contributed by atoms with Crippen molar-refractivity contribution in [1.29, 1.82) is 0 Å². The molecule has 0 saturated carbocycles. The number of hydrogen-bond acceptors (Lipinski definition) is 1. The SMILES string of the molecule is O=C(O)c1ccc(C[n+]2ccccc2/C=C/c2cccc(Cl)c2)cc1.[Cl-]. The monoisotopic (exact) mass is 385 g/mol. The van der Waals surface area contributed by atoms with Crippen molar-refractivity contribution < 1.29 is 26.9 Å². The Hall–Kier alpha value is -2.62. The molecule has 0 aliphatic rings. The van der Waals surface area contributed by atoms with Crippen LogP contribution in [0, 0.1) is 0 Å². The van der Waals surface area contributed by atoms with E-state index in [0.29, 0.717) is 17.1 Å². The number of aromatic carboxylic acids is 1. The first-order valence-electron chi connectivity index (χ1n) is 7.86. The summed E-state index contributed by atoms with van der Waals surface area (Å²) in [5, 5.41) is 9.69. The molecule has 3 rings (SSSR count). The Morgan fingerprint density at radius 1 is 1.00 bits per heavy atom. The van der Waals surface area contributed by atoms with Crippen molar-refractivity contribution in [3.8, 4) is 0 Å². The summed E-state index contributed by atoms with van der Waals surface area (Å²) in [7, 11) is 0. The third-order valence-electron chi connectivity index (χ3n) is 3.82. The number of rotatable bonds is 5. The van der Waals surface area contributed by atoms with Gasteiger partial charge in [0.1, 0.15) is 0 Å². The first-order valence-corrected chi connectivity index (χ1v) is 8.24. The zero-order valence-corrected chi connectivity index (χ0v) is 15.4. The summed E-state index contributed by atoms with van der Waals surface area (Å²) in [6.07, 6.45) is 6.06. The minimum absolute atomic E-state index is 0. The van der Waals surface area contributed by atoms with Gasteiger partial charge in [-0.2, -0.15) is 4.57 Å². The first-order chi connectivity index (χ1) is 12.1. The predicted octanol–water partition coefficient (Wildman–Crippen LogP) is 1.55. The van der Waals surface area contributed by atoms with E-state index in [9.17, 15) is 4.79 Å². The highest BCUT2D eigenvalue weighted by Gasteiger charge is 2.09. The molecule has 0 saturated heterocycles. The van der Waals surface area contributed by atoms with E-state index < -0.39 is 5.97 Å². The third kappa shape index (κ3) is 5.19. The van der Waals surface area contributed by atoms with Crippen LogP contribution in [0.4, 0.5) is 0 Å². The quantitative estimate of drug-likeness (QED) is 0.677. The molecular weight excluding hydrogens is 369 g/mol. The van der Waals surface area contributed by atoms with Gasteiger partial charge in [0.2, 0.25) is 5.69 Å². The number of carboxylic acids is 1. The third-order valence-corrected chi connectivity index (χ3v) is 4.06. The van der Waals surface area contributed by atoms with Gasteiger partial charge in [-0.25, -0.2) is 4.79 Å². The molecule has 0 atom stereocenters. The van der Waals surface area contributed by atoms with Gasteiger partial charge in [-0.05, 0) is 42.0 Å². The van der Waals surface area contributed by atoms with Crippen molar-refractivity contribution in [2.24, 2.45) is 0 Å². The maximum atomic E-state index is 10.9. The molecule has 0 fully saturated rings. The number of nitrogens with zero attached hydrogens (tertiary/aromatic N) is 1. The highest BCUT2D eigenvalue weighted by atomic mass is 35.5. The number of carbonyl (C=O) groups is 1. The zero-order chi connectivity index (χ0) is 17.6. The highest BCUT2D eigenvalue weighted by molar-refractivity contribution is 6.30. The van der Waals surface area contributed by atoms with E-state index >= 15 is 0 Å².